The summed E-state index contributed by atoms with van der Waals surface area (Å²) in [6.45, 7) is 2.31. The Balaban J connectivity index is 1.80. The molecule has 4 heterocycles. The topological polar surface area (TPSA) is 148 Å². The molecule has 0 aromatic carbocycles. The highest BCUT2D eigenvalue weighted by molar-refractivity contribution is 7.13. The van der Waals surface area contributed by atoms with Gasteiger partial charge in [0.05, 0.1) is 5.69 Å². The van der Waals surface area contributed by atoms with Crippen molar-refractivity contribution >= 4 is 29.1 Å². The van der Waals surface area contributed by atoms with Gasteiger partial charge in [-0.2, -0.15) is 0 Å². The van der Waals surface area contributed by atoms with Crippen LogP contribution in [-0.4, -0.2) is 38.4 Å². The Hall–Kier alpha value is -4.22. The zero-order valence-corrected chi connectivity index (χ0v) is 18.4. The van der Waals surface area contributed by atoms with E-state index in [4.69, 9.17) is 10.8 Å². The van der Waals surface area contributed by atoms with Gasteiger partial charge in [0.25, 0.3) is 5.91 Å². The minimum absolute atomic E-state index is 0.166. The highest BCUT2D eigenvalue weighted by Gasteiger charge is 2.17. The molecule has 0 aliphatic heterocycles. The third-order valence-electron chi connectivity index (χ3n) is 4.58. The van der Waals surface area contributed by atoms with Gasteiger partial charge in [0, 0.05) is 41.6 Å². The average molecular weight is 461 g/mol. The van der Waals surface area contributed by atoms with E-state index >= 15 is 0 Å². The maximum absolute atomic E-state index is 12.0. The number of thiazole rings is 1. The van der Waals surface area contributed by atoms with E-state index in [9.17, 15) is 9.59 Å². The minimum atomic E-state index is -0.507. The molecule has 0 unspecified atom stereocenters. The maximum atomic E-state index is 12.0. The van der Waals surface area contributed by atoms with Crippen LogP contribution >= 0.6 is 11.3 Å². The second-order valence-electron chi connectivity index (χ2n) is 6.76. The van der Waals surface area contributed by atoms with Gasteiger partial charge >= 0.3 is 6.03 Å². The molecule has 0 atom stereocenters. The van der Waals surface area contributed by atoms with E-state index < -0.39 is 5.91 Å². The van der Waals surface area contributed by atoms with Crippen molar-refractivity contribution in [3.63, 3.8) is 0 Å². The Bertz CT molecular complexity index is 1290. The lowest BCUT2D eigenvalue weighted by molar-refractivity contribution is 0.0948. The lowest BCUT2D eigenvalue weighted by Gasteiger charge is -2.11. The van der Waals surface area contributed by atoms with Crippen LogP contribution in [0.25, 0.3) is 33.1 Å². The number of pyridine rings is 3. The molecule has 0 bridgehead atoms. The fourth-order valence-electron chi connectivity index (χ4n) is 3.08. The molecule has 0 aliphatic rings. The van der Waals surface area contributed by atoms with Gasteiger partial charge in [0.1, 0.15) is 22.2 Å². The summed E-state index contributed by atoms with van der Waals surface area (Å²) in [5.74, 6) is 5.11. The smallest absolute Gasteiger partial charge is 0.320 e. The molecule has 0 fully saturated rings. The summed E-state index contributed by atoms with van der Waals surface area (Å²) in [7, 11) is 0. The molecule has 5 N–H and O–H groups in total. The maximum Gasteiger partial charge on any atom is 0.320 e. The lowest BCUT2D eigenvalue weighted by atomic mass is 10.0. The number of urea groups is 1. The monoisotopic (exact) mass is 460 g/mol. The van der Waals surface area contributed by atoms with Crippen LogP contribution in [-0.2, 0) is 0 Å². The molecule has 0 radical (unpaired) electrons. The number of aromatic nitrogens is 4. The number of carbonyl (C=O) groups excluding carboxylic acids is 2. The Labute approximate surface area is 193 Å². The van der Waals surface area contributed by atoms with Crippen LogP contribution in [0, 0.1) is 0 Å². The second kappa shape index (κ2) is 9.94. The summed E-state index contributed by atoms with van der Waals surface area (Å²) in [5.41, 5.74) is 5.87. The van der Waals surface area contributed by atoms with Gasteiger partial charge in [0.15, 0.2) is 0 Å². The standard InChI is InChI=1S/C22H20N8O2S/c1-2-24-22(32)29-19-10-14(21-28-18(12-33-21)16-5-3-4-7-25-16)15(11-27-19)13-6-8-26-17(9-13)20(31)30-23/h3-12H,2,23H2,1H3,(H,30,31)(H2,24,27,29,32). The number of nitrogen functional groups attached to an aromatic ring is 1. The largest absolute Gasteiger partial charge is 0.338 e. The molecule has 3 amide bonds. The Morgan fingerprint density at radius 1 is 1.03 bits per heavy atom. The molecule has 0 aliphatic carbocycles. The number of carbonyl (C=O) groups is 2. The molecule has 0 saturated carbocycles. The highest BCUT2D eigenvalue weighted by Crippen LogP contribution is 2.36. The molecular weight excluding hydrogens is 440 g/mol. The van der Waals surface area contributed by atoms with Gasteiger partial charge in [-0.05, 0) is 42.8 Å². The Morgan fingerprint density at radius 2 is 1.91 bits per heavy atom. The van der Waals surface area contributed by atoms with Crippen LogP contribution in [0.2, 0.25) is 0 Å². The van der Waals surface area contributed by atoms with Crippen molar-refractivity contribution in [3.05, 3.63) is 66.1 Å². The zero-order valence-electron chi connectivity index (χ0n) is 17.6. The van der Waals surface area contributed by atoms with Crippen LogP contribution in [0.5, 0.6) is 0 Å². The Morgan fingerprint density at radius 3 is 2.67 bits per heavy atom. The summed E-state index contributed by atoms with van der Waals surface area (Å²) in [6, 6.07) is 10.4. The number of amides is 3. The van der Waals surface area contributed by atoms with Gasteiger partial charge in [-0.3, -0.25) is 25.5 Å². The van der Waals surface area contributed by atoms with E-state index in [0.717, 1.165) is 17.0 Å². The van der Waals surface area contributed by atoms with Crippen LogP contribution in [0.1, 0.15) is 17.4 Å². The summed E-state index contributed by atoms with van der Waals surface area (Å²) in [5, 5.41) is 8.01. The molecule has 0 spiro atoms. The molecule has 0 saturated heterocycles. The zero-order chi connectivity index (χ0) is 23.2. The van der Waals surface area contributed by atoms with E-state index in [2.05, 4.69) is 31.0 Å². The molecule has 33 heavy (non-hydrogen) atoms. The fraction of sp³-hybridized carbons (Fsp3) is 0.0909. The van der Waals surface area contributed by atoms with Gasteiger partial charge in [0.2, 0.25) is 0 Å². The minimum Gasteiger partial charge on any atom is -0.338 e. The predicted octanol–water partition coefficient (Wildman–Crippen LogP) is 3.07. The molecule has 166 valence electrons. The van der Waals surface area contributed by atoms with E-state index in [-0.39, 0.29) is 11.7 Å². The number of hydrogen-bond donors (Lipinski definition) is 4. The number of nitrogens with one attached hydrogen (secondary N) is 3. The average Bonchev–Trinajstić information content (AvgIpc) is 3.34. The van der Waals surface area contributed by atoms with Crippen molar-refractivity contribution in [1.82, 2.24) is 30.7 Å². The third kappa shape index (κ3) is 5.00. The van der Waals surface area contributed by atoms with Crippen molar-refractivity contribution in [3.8, 4) is 33.1 Å². The molecule has 4 aromatic heterocycles. The summed E-state index contributed by atoms with van der Waals surface area (Å²) in [6.07, 6.45) is 4.85. The van der Waals surface area contributed by atoms with Gasteiger partial charge < -0.3 is 5.32 Å². The fourth-order valence-corrected chi connectivity index (χ4v) is 3.92. The molecular formula is C22H20N8O2S. The molecule has 4 aromatic rings. The first-order valence-electron chi connectivity index (χ1n) is 9.98. The summed E-state index contributed by atoms with van der Waals surface area (Å²) in [4.78, 5) is 41.5. The van der Waals surface area contributed by atoms with E-state index in [1.54, 1.807) is 30.6 Å². The third-order valence-corrected chi connectivity index (χ3v) is 5.46. The predicted molar refractivity (Wildman–Crippen MR) is 126 cm³/mol. The molecule has 4 rings (SSSR count). The van der Waals surface area contributed by atoms with Crippen molar-refractivity contribution in [2.75, 3.05) is 11.9 Å². The van der Waals surface area contributed by atoms with Crippen molar-refractivity contribution in [2.45, 2.75) is 6.92 Å². The number of hydrazine groups is 1. The van der Waals surface area contributed by atoms with Crippen LogP contribution in [0.4, 0.5) is 10.6 Å². The molecule has 11 heteroatoms. The van der Waals surface area contributed by atoms with Crippen molar-refractivity contribution < 1.29 is 9.59 Å². The first kappa shape index (κ1) is 22.0. The van der Waals surface area contributed by atoms with Crippen molar-refractivity contribution in [2.24, 2.45) is 5.84 Å². The van der Waals surface area contributed by atoms with E-state index in [1.807, 2.05) is 30.5 Å². The summed E-state index contributed by atoms with van der Waals surface area (Å²) < 4.78 is 0. The van der Waals surface area contributed by atoms with Crippen LogP contribution in [0.15, 0.2) is 60.4 Å². The van der Waals surface area contributed by atoms with Gasteiger partial charge in [-0.15, -0.1) is 11.3 Å². The van der Waals surface area contributed by atoms with E-state index in [1.165, 1.54) is 17.5 Å². The van der Waals surface area contributed by atoms with Crippen LogP contribution < -0.4 is 21.9 Å². The Kier molecular flexibility index (Phi) is 6.62. The number of anilines is 1. The summed E-state index contributed by atoms with van der Waals surface area (Å²) >= 11 is 1.44. The first-order valence-corrected chi connectivity index (χ1v) is 10.9. The van der Waals surface area contributed by atoms with Crippen LogP contribution in [0.3, 0.4) is 0 Å². The van der Waals surface area contributed by atoms with Gasteiger partial charge in [-0.1, -0.05) is 6.07 Å². The number of hydrogen-bond acceptors (Lipinski definition) is 8. The normalized spacial score (nSPS) is 10.5. The quantitative estimate of drug-likeness (QED) is 0.196. The van der Waals surface area contributed by atoms with Crippen molar-refractivity contribution in [1.29, 1.82) is 0 Å². The van der Waals surface area contributed by atoms with E-state index in [0.29, 0.717) is 28.5 Å². The highest BCUT2D eigenvalue weighted by atomic mass is 32.1. The lowest BCUT2D eigenvalue weighted by Crippen LogP contribution is -2.30. The second-order valence-corrected chi connectivity index (χ2v) is 7.61. The van der Waals surface area contributed by atoms with Gasteiger partial charge in [-0.25, -0.2) is 20.6 Å². The first-order chi connectivity index (χ1) is 16.1. The SMILES string of the molecule is CCNC(=O)Nc1cc(-c2nc(-c3ccccn3)cs2)c(-c2ccnc(C(=O)NN)c2)cn1. The number of nitrogens with zero attached hydrogens (tertiary/aromatic N) is 4. The number of rotatable bonds is 6. The molecule has 10 nitrogen and oxygen atoms in total. The number of nitrogens with two attached hydrogens (primary N) is 1.